The first-order valence-corrected chi connectivity index (χ1v) is 7.70. The Morgan fingerprint density at radius 2 is 1.65 bits per heavy atom. The first-order valence-electron chi connectivity index (χ1n) is 7.70. The van der Waals surface area contributed by atoms with E-state index in [2.05, 4.69) is 10.5 Å². The fraction of sp³-hybridized carbons (Fsp3) is 0.0526. The molecule has 3 aromatic rings. The molecule has 0 bridgehead atoms. The number of carbonyl (C=O) groups is 1. The summed E-state index contributed by atoms with van der Waals surface area (Å²) in [5, 5.41) is 6.44. The average molecular weight is 355 g/mol. The monoisotopic (exact) mass is 355 g/mol. The Morgan fingerprint density at radius 1 is 1.08 bits per heavy atom. The number of hydrogen-bond donors (Lipinski definition) is 2. The number of rotatable bonds is 4. The van der Waals surface area contributed by atoms with Gasteiger partial charge < -0.3 is 15.6 Å². The van der Waals surface area contributed by atoms with E-state index in [-0.39, 0.29) is 28.5 Å². The minimum atomic E-state index is -0.427. The van der Waals surface area contributed by atoms with Crippen molar-refractivity contribution >= 4 is 17.7 Å². The van der Waals surface area contributed by atoms with Crippen molar-refractivity contribution in [3.63, 3.8) is 0 Å². The molecule has 0 fully saturated rings. The summed E-state index contributed by atoms with van der Waals surface area (Å²) in [6.45, 7) is 0. The molecule has 0 atom stereocenters. The fourth-order valence-corrected chi connectivity index (χ4v) is 2.42. The average Bonchev–Trinajstić information content (AvgIpc) is 3.05. The van der Waals surface area contributed by atoms with E-state index in [0.717, 1.165) is 0 Å². The lowest BCUT2D eigenvalue weighted by atomic mass is 10.0. The molecule has 3 rings (SSSR count). The minimum Gasteiger partial charge on any atom is -0.398 e. The lowest BCUT2D eigenvalue weighted by Crippen LogP contribution is -2.19. The van der Waals surface area contributed by atoms with Crippen LogP contribution in [0.2, 0.25) is 0 Å². The van der Waals surface area contributed by atoms with Crippen LogP contribution in [0.3, 0.4) is 0 Å². The smallest absolute Gasteiger partial charge is 0.257 e. The zero-order valence-electron chi connectivity index (χ0n) is 13.8. The molecule has 0 saturated carbocycles. The third-order valence-electron chi connectivity index (χ3n) is 3.75. The Hall–Kier alpha value is -3.48. The van der Waals surface area contributed by atoms with Crippen molar-refractivity contribution in [1.82, 2.24) is 10.5 Å². The van der Waals surface area contributed by atoms with Gasteiger partial charge in [-0.2, -0.15) is 0 Å². The van der Waals surface area contributed by atoms with Gasteiger partial charge in [0.15, 0.2) is 5.76 Å². The Balaban J connectivity index is 2.07. The minimum absolute atomic E-state index is 0.144. The lowest BCUT2D eigenvalue weighted by Gasteiger charge is -2.03. The number of nitrogens with two attached hydrogens (primary N) is 1. The van der Waals surface area contributed by atoms with Gasteiger partial charge in [0.1, 0.15) is 22.9 Å². The molecule has 7 heteroatoms. The van der Waals surface area contributed by atoms with Crippen molar-refractivity contribution in [3.05, 3.63) is 77.1 Å². The molecule has 0 radical (unpaired) electrons. The van der Waals surface area contributed by atoms with E-state index in [9.17, 15) is 13.6 Å². The number of nitrogens with zero attached hydrogens (tertiary/aromatic N) is 1. The highest BCUT2D eigenvalue weighted by Gasteiger charge is 2.22. The predicted molar refractivity (Wildman–Crippen MR) is 93.7 cm³/mol. The summed E-state index contributed by atoms with van der Waals surface area (Å²) in [6.07, 6.45) is 1.44. The van der Waals surface area contributed by atoms with E-state index in [4.69, 9.17) is 10.3 Å². The van der Waals surface area contributed by atoms with Gasteiger partial charge in [0.05, 0.1) is 0 Å². The molecule has 1 aromatic heterocycles. The molecule has 0 aliphatic carbocycles. The van der Waals surface area contributed by atoms with Crippen molar-refractivity contribution in [2.75, 3.05) is 7.05 Å². The molecule has 0 saturated heterocycles. The summed E-state index contributed by atoms with van der Waals surface area (Å²) in [7, 11) is 1.47. The van der Waals surface area contributed by atoms with Crippen molar-refractivity contribution in [2.45, 2.75) is 0 Å². The maximum absolute atomic E-state index is 13.1. The van der Waals surface area contributed by atoms with Crippen LogP contribution in [0.15, 0.2) is 53.1 Å². The highest BCUT2D eigenvalue weighted by Crippen LogP contribution is 2.28. The number of aromatic nitrogens is 1. The standard InChI is InChI=1S/C19H15F2N3O2/c1-23-19(25)17-16(10-15(22)11-2-6-13(20)7-3-11)26-24-18(17)12-4-8-14(21)9-5-12/h2-10H,22H2,1H3,(H,23,25)/b15-10+. The quantitative estimate of drug-likeness (QED) is 0.751. The van der Waals surface area contributed by atoms with Gasteiger partial charge in [-0.15, -0.1) is 0 Å². The number of hydrogen-bond acceptors (Lipinski definition) is 4. The van der Waals surface area contributed by atoms with E-state index in [1.165, 1.54) is 61.7 Å². The second-order valence-electron chi connectivity index (χ2n) is 5.46. The Labute approximate surface area is 148 Å². The summed E-state index contributed by atoms with van der Waals surface area (Å²) >= 11 is 0. The van der Waals surface area contributed by atoms with Gasteiger partial charge in [-0.25, -0.2) is 8.78 Å². The van der Waals surface area contributed by atoms with Crippen LogP contribution in [-0.2, 0) is 0 Å². The number of halogens is 2. The van der Waals surface area contributed by atoms with Crippen LogP contribution in [0.5, 0.6) is 0 Å². The molecule has 1 amide bonds. The molecule has 0 aliphatic rings. The maximum atomic E-state index is 13.1. The molecule has 0 spiro atoms. The van der Waals surface area contributed by atoms with Crippen LogP contribution >= 0.6 is 0 Å². The SMILES string of the molecule is CNC(=O)c1c(-c2ccc(F)cc2)noc1/C=C(/N)c1ccc(F)cc1. The molecule has 5 nitrogen and oxygen atoms in total. The van der Waals surface area contributed by atoms with Gasteiger partial charge >= 0.3 is 0 Å². The third-order valence-corrected chi connectivity index (χ3v) is 3.75. The molecule has 1 heterocycles. The molecular formula is C19H15F2N3O2. The lowest BCUT2D eigenvalue weighted by molar-refractivity contribution is 0.0963. The Kier molecular flexibility index (Phi) is 4.79. The second kappa shape index (κ2) is 7.18. The van der Waals surface area contributed by atoms with Crippen molar-refractivity contribution < 1.29 is 18.1 Å². The Morgan fingerprint density at radius 3 is 2.23 bits per heavy atom. The van der Waals surface area contributed by atoms with Crippen molar-refractivity contribution in [1.29, 1.82) is 0 Å². The second-order valence-corrected chi connectivity index (χ2v) is 5.46. The first-order chi connectivity index (χ1) is 12.5. The van der Waals surface area contributed by atoms with Gasteiger partial charge in [-0.05, 0) is 42.0 Å². The van der Waals surface area contributed by atoms with Gasteiger partial charge in [0.25, 0.3) is 5.91 Å². The molecule has 26 heavy (non-hydrogen) atoms. The molecule has 0 aliphatic heterocycles. The van der Waals surface area contributed by atoms with Crippen LogP contribution in [0.4, 0.5) is 8.78 Å². The van der Waals surface area contributed by atoms with Crippen LogP contribution in [0, 0.1) is 11.6 Å². The topological polar surface area (TPSA) is 81.2 Å². The van der Waals surface area contributed by atoms with Crippen molar-refractivity contribution in [2.24, 2.45) is 5.73 Å². The first kappa shape index (κ1) is 17.3. The summed E-state index contributed by atoms with van der Waals surface area (Å²) in [5.74, 6) is -1.07. The maximum Gasteiger partial charge on any atom is 0.257 e. The molecule has 132 valence electrons. The van der Waals surface area contributed by atoms with E-state index in [1.807, 2.05) is 0 Å². The zero-order valence-corrected chi connectivity index (χ0v) is 13.8. The van der Waals surface area contributed by atoms with Crippen molar-refractivity contribution in [3.8, 4) is 11.3 Å². The highest BCUT2D eigenvalue weighted by molar-refractivity contribution is 6.03. The van der Waals surface area contributed by atoms with Gasteiger partial charge in [0.2, 0.25) is 0 Å². The number of nitrogens with one attached hydrogen (secondary N) is 1. The fourth-order valence-electron chi connectivity index (χ4n) is 2.42. The molecular weight excluding hydrogens is 340 g/mol. The van der Waals surface area contributed by atoms with E-state index in [1.54, 1.807) is 0 Å². The Bertz CT molecular complexity index is 961. The van der Waals surface area contributed by atoms with Crippen LogP contribution in [0.1, 0.15) is 21.7 Å². The molecule has 3 N–H and O–H groups in total. The largest absolute Gasteiger partial charge is 0.398 e. The third kappa shape index (κ3) is 3.46. The number of benzene rings is 2. The van der Waals surface area contributed by atoms with Gasteiger partial charge in [-0.3, -0.25) is 4.79 Å². The summed E-state index contributed by atoms with van der Waals surface area (Å²) < 4.78 is 31.5. The number of amides is 1. The highest BCUT2D eigenvalue weighted by atomic mass is 19.1. The predicted octanol–water partition coefficient (Wildman–Crippen LogP) is 3.44. The number of carbonyl (C=O) groups excluding carboxylic acids is 1. The van der Waals surface area contributed by atoms with E-state index >= 15 is 0 Å². The van der Waals surface area contributed by atoms with Crippen LogP contribution in [0.25, 0.3) is 23.0 Å². The molecule has 0 unspecified atom stereocenters. The summed E-state index contributed by atoms with van der Waals surface area (Å²) in [4.78, 5) is 12.3. The van der Waals surface area contributed by atoms with Crippen LogP contribution in [-0.4, -0.2) is 18.1 Å². The summed E-state index contributed by atoms with van der Waals surface area (Å²) in [6, 6.07) is 11.1. The van der Waals surface area contributed by atoms with E-state index < -0.39 is 11.7 Å². The summed E-state index contributed by atoms with van der Waals surface area (Å²) in [5.41, 5.74) is 7.82. The van der Waals surface area contributed by atoms with E-state index in [0.29, 0.717) is 11.1 Å². The molecule has 2 aromatic carbocycles. The van der Waals surface area contributed by atoms with Gasteiger partial charge in [0, 0.05) is 24.4 Å². The normalized spacial score (nSPS) is 11.4. The zero-order chi connectivity index (χ0) is 18.7. The van der Waals surface area contributed by atoms with Crippen LogP contribution < -0.4 is 11.1 Å². The van der Waals surface area contributed by atoms with Gasteiger partial charge in [-0.1, -0.05) is 17.3 Å².